The van der Waals surface area contributed by atoms with Crippen molar-refractivity contribution < 1.29 is 4.79 Å². The van der Waals surface area contributed by atoms with E-state index < -0.39 is 0 Å². The summed E-state index contributed by atoms with van der Waals surface area (Å²) in [4.78, 5) is 23.6. The molecule has 0 saturated heterocycles. The van der Waals surface area contributed by atoms with E-state index in [4.69, 9.17) is 0 Å². The zero-order valence-electron chi connectivity index (χ0n) is 12.4. The highest BCUT2D eigenvalue weighted by atomic mass is 32.1. The normalized spacial score (nSPS) is 10.4. The Morgan fingerprint density at radius 1 is 1.38 bits per heavy atom. The first-order valence-corrected chi connectivity index (χ1v) is 7.92. The van der Waals surface area contributed by atoms with Crippen molar-refractivity contribution in [3.63, 3.8) is 0 Å². The minimum Gasteiger partial charge on any atom is -0.369 e. The minimum absolute atomic E-state index is 0.0962. The van der Waals surface area contributed by atoms with Crippen LogP contribution in [0.3, 0.4) is 0 Å². The lowest BCUT2D eigenvalue weighted by atomic mass is 10.3. The van der Waals surface area contributed by atoms with Gasteiger partial charge in [0.15, 0.2) is 0 Å². The van der Waals surface area contributed by atoms with Gasteiger partial charge in [-0.25, -0.2) is 9.97 Å². The quantitative estimate of drug-likeness (QED) is 0.854. The van der Waals surface area contributed by atoms with Gasteiger partial charge in [0.2, 0.25) is 0 Å². The number of thiophene rings is 1. The molecule has 0 aliphatic rings. The van der Waals surface area contributed by atoms with Crippen molar-refractivity contribution in [2.24, 2.45) is 0 Å². The zero-order chi connectivity index (χ0) is 15.1. The van der Waals surface area contributed by atoms with Gasteiger partial charge in [0.25, 0.3) is 5.91 Å². The fourth-order valence-electron chi connectivity index (χ4n) is 1.81. The average Bonchev–Trinajstić information content (AvgIpc) is 3.04. The molecule has 0 radical (unpaired) electrons. The van der Waals surface area contributed by atoms with Crippen LogP contribution < -0.4 is 5.32 Å². The molecular weight excluding hydrogens is 284 g/mol. The van der Waals surface area contributed by atoms with Crippen LogP contribution in [-0.4, -0.2) is 40.9 Å². The maximum atomic E-state index is 12.2. The molecule has 112 valence electrons. The third-order valence-electron chi connectivity index (χ3n) is 3.05. The van der Waals surface area contributed by atoms with Gasteiger partial charge >= 0.3 is 0 Å². The molecule has 2 rings (SSSR count). The predicted octanol–water partition coefficient (Wildman–Crippen LogP) is 2.67. The molecule has 2 aromatic rings. The predicted molar refractivity (Wildman–Crippen MR) is 85.8 cm³/mol. The van der Waals surface area contributed by atoms with Crippen LogP contribution in [0, 0.1) is 0 Å². The van der Waals surface area contributed by atoms with Crippen LogP contribution in [0.15, 0.2) is 29.9 Å². The summed E-state index contributed by atoms with van der Waals surface area (Å²) in [6.07, 6.45) is 5.02. The number of anilines is 1. The Morgan fingerprint density at radius 2 is 2.24 bits per heavy atom. The largest absolute Gasteiger partial charge is 0.369 e. The first-order chi connectivity index (χ1) is 10.2. The molecule has 0 atom stereocenters. The maximum Gasteiger partial charge on any atom is 0.273 e. The molecule has 1 N–H and O–H groups in total. The van der Waals surface area contributed by atoms with Gasteiger partial charge in [-0.2, -0.15) is 0 Å². The SMILES string of the molecule is CCCNc1cnc(C(=O)N(C)CCc2cccs2)cn1. The molecule has 0 aliphatic heterocycles. The third kappa shape index (κ3) is 4.53. The Balaban J connectivity index is 1.89. The van der Waals surface area contributed by atoms with E-state index >= 15 is 0 Å². The van der Waals surface area contributed by atoms with E-state index in [1.165, 1.54) is 11.1 Å². The molecule has 21 heavy (non-hydrogen) atoms. The smallest absolute Gasteiger partial charge is 0.273 e. The van der Waals surface area contributed by atoms with Crippen molar-refractivity contribution in [2.45, 2.75) is 19.8 Å². The second-order valence-electron chi connectivity index (χ2n) is 4.77. The van der Waals surface area contributed by atoms with E-state index in [0.717, 1.165) is 19.4 Å². The Bertz CT molecular complexity index is 554. The number of hydrogen-bond donors (Lipinski definition) is 1. The summed E-state index contributed by atoms with van der Waals surface area (Å²) in [5, 5.41) is 5.18. The van der Waals surface area contributed by atoms with Crippen LogP contribution in [0.2, 0.25) is 0 Å². The van der Waals surface area contributed by atoms with Crippen LogP contribution >= 0.6 is 11.3 Å². The second kappa shape index (κ2) is 7.73. The third-order valence-corrected chi connectivity index (χ3v) is 3.98. The van der Waals surface area contributed by atoms with E-state index in [2.05, 4.69) is 28.3 Å². The van der Waals surface area contributed by atoms with Crippen molar-refractivity contribution in [3.05, 3.63) is 40.5 Å². The van der Waals surface area contributed by atoms with Gasteiger partial charge in [-0.1, -0.05) is 13.0 Å². The highest BCUT2D eigenvalue weighted by molar-refractivity contribution is 7.09. The van der Waals surface area contributed by atoms with Gasteiger partial charge in [-0.05, 0) is 24.3 Å². The van der Waals surface area contributed by atoms with E-state index in [1.807, 2.05) is 11.4 Å². The lowest BCUT2D eigenvalue weighted by Gasteiger charge is -2.16. The summed E-state index contributed by atoms with van der Waals surface area (Å²) in [7, 11) is 1.79. The molecular formula is C15H20N4OS. The standard InChI is InChI=1S/C15H20N4OS/c1-3-7-16-14-11-17-13(10-18-14)15(20)19(2)8-6-12-5-4-9-21-12/h4-5,9-11H,3,6-8H2,1-2H3,(H,16,18). The van der Waals surface area contributed by atoms with Gasteiger partial charge in [0.1, 0.15) is 11.5 Å². The van der Waals surface area contributed by atoms with Crippen LogP contribution in [0.4, 0.5) is 5.82 Å². The maximum absolute atomic E-state index is 12.2. The molecule has 0 aliphatic carbocycles. The lowest BCUT2D eigenvalue weighted by Crippen LogP contribution is -2.29. The van der Waals surface area contributed by atoms with Crippen molar-refractivity contribution in [3.8, 4) is 0 Å². The minimum atomic E-state index is -0.0962. The lowest BCUT2D eigenvalue weighted by molar-refractivity contribution is 0.0790. The van der Waals surface area contributed by atoms with E-state index in [1.54, 1.807) is 29.5 Å². The fourth-order valence-corrected chi connectivity index (χ4v) is 2.51. The van der Waals surface area contributed by atoms with E-state index in [-0.39, 0.29) is 5.91 Å². The van der Waals surface area contributed by atoms with E-state index in [0.29, 0.717) is 18.1 Å². The Hall–Kier alpha value is -1.95. The Morgan fingerprint density at radius 3 is 2.86 bits per heavy atom. The van der Waals surface area contributed by atoms with Crippen molar-refractivity contribution in [2.75, 3.05) is 25.5 Å². The summed E-state index contributed by atoms with van der Waals surface area (Å²) in [5.74, 6) is 0.607. The molecule has 6 heteroatoms. The number of rotatable bonds is 7. The molecule has 0 spiro atoms. The number of nitrogens with zero attached hydrogens (tertiary/aromatic N) is 3. The molecule has 0 bridgehead atoms. The summed E-state index contributed by atoms with van der Waals surface area (Å²) in [6.45, 7) is 3.61. The Kier molecular flexibility index (Phi) is 5.68. The molecule has 0 saturated carbocycles. The number of nitrogens with one attached hydrogen (secondary N) is 1. The zero-order valence-corrected chi connectivity index (χ0v) is 13.2. The summed E-state index contributed by atoms with van der Waals surface area (Å²) >= 11 is 1.71. The van der Waals surface area contributed by atoms with Crippen LogP contribution in [-0.2, 0) is 6.42 Å². The fraction of sp³-hybridized carbons (Fsp3) is 0.400. The summed E-state index contributed by atoms with van der Waals surface area (Å²) in [5.41, 5.74) is 0.380. The summed E-state index contributed by atoms with van der Waals surface area (Å²) < 4.78 is 0. The number of carbonyl (C=O) groups excluding carboxylic acids is 1. The highest BCUT2D eigenvalue weighted by Crippen LogP contribution is 2.10. The molecule has 0 unspecified atom stereocenters. The first-order valence-electron chi connectivity index (χ1n) is 7.04. The molecule has 0 aromatic carbocycles. The second-order valence-corrected chi connectivity index (χ2v) is 5.80. The Labute approximate surface area is 129 Å². The van der Waals surface area contributed by atoms with Crippen molar-refractivity contribution in [1.29, 1.82) is 0 Å². The van der Waals surface area contributed by atoms with Gasteiger partial charge in [0.05, 0.1) is 12.4 Å². The van der Waals surface area contributed by atoms with E-state index in [9.17, 15) is 4.79 Å². The number of amides is 1. The van der Waals surface area contributed by atoms with Crippen LogP contribution in [0.1, 0.15) is 28.7 Å². The average molecular weight is 304 g/mol. The molecule has 5 nitrogen and oxygen atoms in total. The van der Waals surface area contributed by atoms with Gasteiger partial charge in [-0.15, -0.1) is 11.3 Å². The van der Waals surface area contributed by atoms with Gasteiger partial charge in [0, 0.05) is 25.0 Å². The number of carbonyl (C=O) groups is 1. The number of likely N-dealkylation sites (N-methyl/N-ethyl adjacent to an activating group) is 1. The molecule has 2 aromatic heterocycles. The molecule has 1 amide bonds. The van der Waals surface area contributed by atoms with Crippen molar-refractivity contribution in [1.82, 2.24) is 14.9 Å². The topological polar surface area (TPSA) is 58.1 Å². The van der Waals surface area contributed by atoms with Gasteiger partial charge in [-0.3, -0.25) is 4.79 Å². The molecule has 0 fully saturated rings. The molecule has 2 heterocycles. The monoisotopic (exact) mass is 304 g/mol. The summed E-state index contributed by atoms with van der Waals surface area (Å²) in [6, 6.07) is 4.10. The number of hydrogen-bond acceptors (Lipinski definition) is 5. The van der Waals surface area contributed by atoms with Crippen LogP contribution in [0.5, 0.6) is 0 Å². The van der Waals surface area contributed by atoms with Gasteiger partial charge < -0.3 is 10.2 Å². The first kappa shape index (κ1) is 15.4. The highest BCUT2D eigenvalue weighted by Gasteiger charge is 2.13. The number of aromatic nitrogens is 2. The van der Waals surface area contributed by atoms with Crippen LogP contribution in [0.25, 0.3) is 0 Å². The van der Waals surface area contributed by atoms with Crippen molar-refractivity contribution >= 4 is 23.1 Å².